The lowest BCUT2D eigenvalue weighted by molar-refractivity contribution is -0.134. The molecule has 2 aliphatic rings. The number of ether oxygens (including phenoxy) is 1. The fourth-order valence-electron chi connectivity index (χ4n) is 3.60. The van der Waals surface area contributed by atoms with Crippen LogP contribution in [0.5, 0.6) is 5.75 Å². The van der Waals surface area contributed by atoms with E-state index >= 15 is 0 Å². The predicted molar refractivity (Wildman–Crippen MR) is 106 cm³/mol. The first-order valence-corrected chi connectivity index (χ1v) is 9.89. The van der Waals surface area contributed by atoms with Gasteiger partial charge in [0.1, 0.15) is 17.9 Å². The number of amides is 2. The standard InChI is InChI=1S/C21H31N3O4/c1-21(2,3)28-20(27)24(14-19(26)23-11-9-22(4)10-12-23)17-13-16(17)15-7-5-6-8-18(15)25/h5-8,16-17,25H,9-14H2,1-4H3/t16-,17+/m0/s1. The fourth-order valence-corrected chi connectivity index (χ4v) is 3.60. The number of hydrogen-bond donors (Lipinski definition) is 1. The third-order valence-corrected chi connectivity index (χ3v) is 5.28. The van der Waals surface area contributed by atoms with E-state index in [1.165, 1.54) is 0 Å². The average Bonchev–Trinajstić information content (AvgIpc) is 3.39. The van der Waals surface area contributed by atoms with E-state index in [2.05, 4.69) is 4.90 Å². The molecule has 1 aromatic rings. The van der Waals surface area contributed by atoms with E-state index in [9.17, 15) is 14.7 Å². The monoisotopic (exact) mass is 389 g/mol. The number of carbonyl (C=O) groups is 2. The maximum absolute atomic E-state index is 12.8. The van der Waals surface area contributed by atoms with Gasteiger partial charge in [-0.2, -0.15) is 0 Å². The first-order valence-electron chi connectivity index (χ1n) is 9.89. The summed E-state index contributed by atoms with van der Waals surface area (Å²) in [6, 6.07) is 7.03. The number of phenolic OH excluding ortho intramolecular Hbond substituents is 1. The molecule has 7 nitrogen and oxygen atoms in total. The molecule has 2 fully saturated rings. The maximum atomic E-state index is 12.8. The minimum atomic E-state index is -0.633. The van der Waals surface area contributed by atoms with Crippen molar-refractivity contribution < 1.29 is 19.4 Å². The van der Waals surface area contributed by atoms with Crippen LogP contribution in [0.4, 0.5) is 4.79 Å². The number of aromatic hydroxyl groups is 1. The molecular weight excluding hydrogens is 358 g/mol. The number of rotatable bonds is 4. The third kappa shape index (κ3) is 4.95. The zero-order chi connectivity index (χ0) is 20.5. The number of phenols is 1. The molecule has 1 aliphatic carbocycles. The van der Waals surface area contributed by atoms with Gasteiger partial charge in [0.25, 0.3) is 0 Å². The van der Waals surface area contributed by atoms with E-state index in [4.69, 9.17) is 4.74 Å². The summed E-state index contributed by atoms with van der Waals surface area (Å²) in [5.74, 6) is 0.195. The summed E-state index contributed by atoms with van der Waals surface area (Å²) >= 11 is 0. The van der Waals surface area contributed by atoms with Crippen molar-refractivity contribution in [1.29, 1.82) is 0 Å². The molecule has 3 rings (SSSR count). The Morgan fingerprint density at radius 2 is 1.82 bits per heavy atom. The number of benzene rings is 1. The topological polar surface area (TPSA) is 73.3 Å². The number of likely N-dealkylation sites (N-methyl/N-ethyl adjacent to an activating group) is 1. The van der Waals surface area contributed by atoms with E-state index in [0.717, 1.165) is 18.7 Å². The van der Waals surface area contributed by atoms with Gasteiger partial charge in [-0.15, -0.1) is 0 Å². The highest BCUT2D eigenvalue weighted by atomic mass is 16.6. The van der Waals surface area contributed by atoms with Crippen molar-refractivity contribution in [3.05, 3.63) is 29.8 Å². The Bertz CT molecular complexity index is 723. The molecule has 7 heteroatoms. The third-order valence-electron chi connectivity index (χ3n) is 5.28. The summed E-state index contributed by atoms with van der Waals surface area (Å²) in [5, 5.41) is 10.1. The lowest BCUT2D eigenvalue weighted by atomic mass is 10.1. The van der Waals surface area contributed by atoms with Crippen LogP contribution in [0.1, 0.15) is 38.7 Å². The van der Waals surface area contributed by atoms with Gasteiger partial charge < -0.3 is 19.6 Å². The van der Waals surface area contributed by atoms with E-state index < -0.39 is 11.7 Å². The van der Waals surface area contributed by atoms with Gasteiger partial charge >= 0.3 is 6.09 Å². The largest absolute Gasteiger partial charge is 0.508 e. The Morgan fingerprint density at radius 3 is 2.43 bits per heavy atom. The Hall–Kier alpha value is -2.28. The molecule has 0 aromatic heterocycles. The Morgan fingerprint density at radius 1 is 1.18 bits per heavy atom. The van der Waals surface area contributed by atoms with Gasteiger partial charge in [-0.25, -0.2) is 4.79 Å². The normalized spacial score (nSPS) is 22.6. The molecule has 0 bridgehead atoms. The first kappa shape index (κ1) is 20.5. The molecule has 0 unspecified atom stereocenters. The van der Waals surface area contributed by atoms with Crippen molar-refractivity contribution in [2.45, 2.75) is 44.8 Å². The van der Waals surface area contributed by atoms with Gasteiger partial charge in [-0.05, 0) is 45.9 Å². The molecule has 0 radical (unpaired) electrons. The van der Waals surface area contributed by atoms with Crippen molar-refractivity contribution in [1.82, 2.24) is 14.7 Å². The zero-order valence-electron chi connectivity index (χ0n) is 17.2. The van der Waals surface area contributed by atoms with Crippen molar-refractivity contribution in [3.63, 3.8) is 0 Å². The number of nitrogens with zero attached hydrogens (tertiary/aromatic N) is 3. The molecule has 1 saturated carbocycles. The van der Waals surface area contributed by atoms with Crippen molar-refractivity contribution in [3.8, 4) is 5.75 Å². The molecule has 1 aromatic carbocycles. The van der Waals surface area contributed by atoms with Crippen LogP contribution >= 0.6 is 0 Å². The highest BCUT2D eigenvalue weighted by Crippen LogP contribution is 2.47. The van der Waals surface area contributed by atoms with Gasteiger partial charge in [-0.3, -0.25) is 9.69 Å². The fraction of sp³-hybridized carbons (Fsp3) is 0.619. The molecule has 1 saturated heterocycles. The van der Waals surface area contributed by atoms with Crippen LogP contribution in [0.3, 0.4) is 0 Å². The van der Waals surface area contributed by atoms with Gasteiger partial charge in [0.15, 0.2) is 0 Å². The highest BCUT2D eigenvalue weighted by molar-refractivity contribution is 5.83. The minimum absolute atomic E-state index is 0.00733. The maximum Gasteiger partial charge on any atom is 0.411 e. The molecule has 2 atom stereocenters. The van der Waals surface area contributed by atoms with Crippen LogP contribution in [0.25, 0.3) is 0 Å². The van der Waals surface area contributed by atoms with E-state index in [1.54, 1.807) is 17.0 Å². The number of carbonyl (C=O) groups excluding carboxylic acids is 2. The number of piperazine rings is 1. The summed E-state index contributed by atoms with van der Waals surface area (Å²) in [6.07, 6.45) is 0.241. The minimum Gasteiger partial charge on any atom is -0.508 e. The second-order valence-electron chi connectivity index (χ2n) is 8.76. The molecular formula is C21H31N3O4. The Balaban J connectivity index is 1.72. The summed E-state index contributed by atoms with van der Waals surface area (Å²) in [5.41, 5.74) is 0.180. The smallest absolute Gasteiger partial charge is 0.411 e. The molecule has 1 heterocycles. The summed E-state index contributed by atoms with van der Waals surface area (Å²) in [7, 11) is 2.04. The van der Waals surface area contributed by atoms with Crippen molar-refractivity contribution >= 4 is 12.0 Å². The summed E-state index contributed by atoms with van der Waals surface area (Å²) in [6.45, 7) is 8.48. The number of para-hydroxylation sites is 1. The van der Waals surface area contributed by atoms with E-state index in [1.807, 2.05) is 44.9 Å². The Labute approximate surface area is 166 Å². The molecule has 1 aliphatic heterocycles. The quantitative estimate of drug-likeness (QED) is 0.855. The zero-order valence-corrected chi connectivity index (χ0v) is 17.2. The van der Waals surface area contributed by atoms with Crippen LogP contribution in [0.15, 0.2) is 24.3 Å². The molecule has 2 amide bonds. The lowest BCUT2D eigenvalue weighted by Crippen LogP contribution is -2.51. The van der Waals surface area contributed by atoms with E-state index in [-0.39, 0.29) is 30.2 Å². The van der Waals surface area contributed by atoms with Crippen molar-refractivity contribution in [2.75, 3.05) is 39.8 Å². The SMILES string of the molecule is CN1CCN(C(=O)CN(C(=O)OC(C)(C)C)[C@@H]2C[C@H]2c2ccccc2O)CC1. The molecule has 28 heavy (non-hydrogen) atoms. The summed E-state index contributed by atoms with van der Waals surface area (Å²) in [4.78, 5) is 31.2. The molecule has 154 valence electrons. The van der Waals surface area contributed by atoms with Crippen LogP contribution in [-0.4, -0.2) is 83.2 Å². The van der Waals surface area contributed by atoms with Gasteiger partial charge in [0, 0.05) is 38.1 Å². The molecule has 0 spiro atoms. The van der Waals surface area contributed by atoms with Gasteiger partial charge in [-0.1, -0.05) is 18.2 Å². The Kier molecular flexibility index (Phi) is 5.84. The predicted octanol–water partition coefficient (Wildman–Crippen LogP) is 2.26. The first-order chi connectivity index (χ1) is 13.2. The van der Waals surface area contributed by atoms with Gasteiger partial charge in [0.05, 0.1) is 0 Å². The highest BCUT2D eigenvalue weighted by Gasteiger charge is 2.48. The molecule has 1 N–H and O–H groups in total. The van der Waals surface area contributed by atoms with Crippen LogP contribution in [-0.2, 0) is 9.53 Å². The average molecular weight is 389 g/mol. The van der Waals surface area contributed by atoms with Crippen molar-refractivity contribution in [2.24, 2.45) is 0 Å². The second-order valence-corrected chi connectivity index (χ2v) is 8.76. The van der Waals surface area contributed by atoms with Gasteiger partial charge in [0.2, 0.25) is 5.91 Å². The van der Waals surface area contributed by atoms with Crippen LogP contribution in [0.2, 0.25) is 0 Å². The second kappa shape index (κ2) is 7.99. The van der Waals surface area contributed by atoms with Crippen LogP contribution in [0, 0.1) is 0 Å². The number of hydrogen-bond acceptors (Lipinski definition) is 5. The summed E-state index contributed by atoms with van der Waals surface area (Å²) < 4.78 is 5.57. The lowest BCUT2D eigenvalue weighted by Gasteiger charge is -2.34. The van der Waals surface area contributed by atoms with Crippen LogP contribution < -0.4 is 0 Å². The van der Waals surface area contributed by atoms with E-state index in [0.29, 0.717) is 19.5 Å².